The average molecular weight is 416 g/mol. The molecule has 1 saturated heterocycles. The lowest BCUT2D eigenvalue weighted by molar-refractivity contribution is -0.142. The topological polar surface area (TPSA) is 76.6 Å². The molecular formula is C25H24N2O4. The molecule has 1 saturated carbocycles. The van der Waals surface area contributed by atoms with Gasteiger partial charge in [-0.15, -0.1) is 5.92 Å². The zero-order valence-electron chi connectivity index (χ0n) is 17.9. The number of hydrogen-bond acceptors (Lipinski definition) is 5. The van der Waals surface area contributed by atoms with Crippen molar-refractivity contribution in [2.24, 2.45) is 5.41 Å². The molecule has 1 amide bonds. The highest BCUT2D eigenvalue weighted by Gasteiger charge is 2.53. The van der Waals surface area contributed by atoms with E-state index in [-0.39, 0.29) is 30.3 Å². The van der Waals surface area contributed by atoms with Crippen LogP contribution in [0.25, 0.3) is 0 Å². The van der Waals surface area contributed by atoms with E-state index in [1.54, 1.807) is 42.3 Å². The third-order valence-electron chi connectivity index (χ3n) is 6.09. The first-order chi connectivity index (χ1) is 14.9. The number of methoxy groups -OCH3 is 1. The van der Waals surface area contributed by atoms with E-state index in [0.29, 0.717) is 30.1 Å². The first-order valence-corrected chi connectivity index (χ1v) is 10.2. The summed E-state index contributed by atoms with van der Waals surface area (Å²) in [5.41, 5.74) is 2.15. The van der Waals surface area contributed by atoms with Crippen LogP contribution in [0.1, 0.15) is 52.9 Å². The smallest absolute Gasteiger partial charge is 0.272 e. The Hall–Kier alpha value is -3.46. The number of amides is 1. The normalized spacial score (nSPS) is 17.7. The van der Waals surface area contributed by atoms with Crippen LogP contribution in [0.15, 0.2) is 36.5 Å². The van der Waals surface area contributed by atoms with E-state index >= 15 is 0 Å². The number of carbonyl (C=O) groups excluding carboxylic acids is 3. The second-order valence-corrected chi connectivity index (χ2v) is 8.38. The van der Waals surface area contributed by atoms with Crippen LogP contribution in [-0.2, 0) is 9.59 Å². The molecule has 1 aromatic carbocycles. The van der Waals surface area contributed by atoms with Gasteiger partial charge in [0.2, 0.25) is 0 Å². The van der Waals surface area contributed by atoms with Crippen LogP contribution in [0.3, 0.4) is 0 Å². The van der Waals surface area contributed by atoms with Gasteiger partial charge in [-0.3, -0.25) is 19.4 Å². The maximum absolute atomic E-state index is 13.2. The summed E-state index contributed by atoms with van der Waals surface area (Å²) in [7, 11) is 1.54. The molecule has 6 nitrogen and oxygen atoms in total. The van der Waals surface area contributed by atoms with Crippen molar-refractivity contribution < 1.29 is 19.1 Å². The van der Waals surface area contributed by atoms with E-state index in [1.807, 2.05) is 13.0 Å². The molecule has 0 unspecified atom stereocenters. The molecule has 2 fully saturated rings. The molecule has 1 spiro atoms. The summed E-state index contributed by atoms with van der Waals surface area (Å²) >= 11 is 0. The van der Waals surface area contributed by atoms with E-state index in [1.165, 1.54) is 7.11 Å². The predicted octanol–water partition coefficient (Wildman–Crippen LogP) is 2.93. The van der Waals surface area contributed by atoms with Gasteiger partial charge >= 0.3 is 0 Å². The molecule has 6 heteroatoms. The molecule has 158 valence electrons. The Morgan fingerprint density at radius 1 is 1.19 bits per heavy atom. The van der Waals surface area contributed by atoms with Gasteiger partial charge in [-0.2, -0.15) is 0 Å². The number of aryl methyl sites for hydroxylation is 1. The minimum Gasteiger partial charge on any atom is -0.496 e. The zero-order valence-corrected chi connectivity index (χ0v) is 17.9. The van der Waals surface area contributed by atoms with E-state index in [0.717, 1.165) is 11.1 Å². The number of pyridine rings is 1. The summed E-state index contributed by atoms with van der Waals surface area (Å²) in [5, 5.41) is 0. The average Bonchev–Trinajstić information content (AvgIpc) is 2.72. The molecule has 2 aromatic rings. The van der Waals surface area contributed by atoms with Crippen LogP contribution in [0.4, 0.5) is 0 Å². The van der Waals surface area contributed by atoms with Gasteiger partial charge < -0.3 is 9.64 Å². The Kier molecular flexibility index (Phi) is 5.36. The van der Waals surface area contributed by atoms with Crippen LogP contribution in [-0.4, -0.2) is 47.6 Å². The Labute approximate surface area is 181 Å². The first kappa shape index (κ1) is 20.8. The van der Waals surface area contributed by atoms with Crippen molar-refractivity contribution in [1.82, 2.24) is 9.88 Å². The molecule has 1 aliphatic heterocycles. The molecule has 31 heavy (non-hydrogen) atoms. The third-order valence-corrected chi connectivity index (χ3v) is 6.09. The summed E-state index contributed by atoms with van der Waals surface area (Å²) in [6.07, 6.45) is 2.12. The molecule has 2 aliphatic rings. The molecule has 0 bridgehead atoms. The van der Waals surface area contributed by atoms with Crippen LogP contribution < -0.4 is 4.74 Å². The van der Waals surface area contributed by atoms with Gasteiger partial charge in [0.15, 0.2) is 0 Å². The number of carbonyl (C=O) groups is 3. The highest BCUT2D eigenvalue weighted by Crippen LogP contribution is 2.47. The highest BCUT2D eigenvalue weighted by atomic mass is 16.5. The monoisotopic (exact) mass is 416 g/mol. The number of hydrogen-bond donors (Lipinski definition) is 0. The largest absolute Gasteiger partial charge is 0.496 e. The van der Waals surface area contributed by atoms with Gasteiger partial charge in [0.1, 0.15) is 28.9 Å². The summed E-state index contributed by atoms with van der Waals surface area (Å²) in [4.78, 5) is 44.7. The maximum Gasteiger partial charge on any atom is 0.272 e. The lowest BCUT2D eigenvalue weighted by Gasteiger charge is -2.52. The molecule has 1 aromatic heterocycles. The molecule has 2 heterocycles. The summed E-state index contributed by atoms with van der Waals surface area (Å²) in [6, 6.07) is 8.85. The summed E-state index contributed by atoms with van der Waals surface area (Å²) in [6.45, 7) is 4.42. The van der Waals surface area contributed by atoms with Crippen LogP contribution in [0.2, 0.25) is 0 Å². The highest BCUT2D eigenvalue weighted by molar-refractivity contribution is 6.11. The van der Waals surface area contributed by atoms with Crippen molar-refractivity contribution in [3.8, 4) is 17.6 Å². The van der Waals surface area contributed by atoms with Gasteiger partial charge in [0, 0.05) is 48.7 Å². The lowest BCUT2D eigenvalue weighted by atomic mass is 9.63. The van der Waals surface area contributed by atoms with E-state index < -0.39 is 11.3 Å². The van der Waals surface area contributed by atoms with Gasteiger partial charge in [-0.1, -0.05) is 12.0 Å². The van der Waals surface area contributed by atoms with Gasteiger partial charge in [-0.05, 0) is 43.7 Å². The molecule has 0 atom stereocenters. The number of aromatic nitrogens is 1. The van der Waals surface area contributed by atoms with Crippen molar-refractivity contribution in [3.63, 3.8) is 0 Å². The van der Waals surface area contributed by atoms with Gasteiger partial charge in [-0.25, -0.2) is 0 Å². The van der Waals surface area contributed by atoms with E-state index in [9.17, 15) is 14.4 Å². The minimum absolute atomic E-state index is 0.114. The molecule has 4 rings (SSSR count). The third kappa shape index (κ3) is 3.72. The number of nitrogens with zero attached hydrogens (tertiary/aromatic N) is 2. The van der Waals surface area contributed by atoms with Crippen LogP contribution >= 0.6 is 0 Å². The van der Waals surface area contributed by atoms with E-state index in [2.05, 4.69) is 16.8 Å². The van der Waals surface area contributed by atoms with Crippen molar-refractivity contribution >= 4 is 17.5 Å². The Balaban J connectivity index is 1.54. The Bertz CT molecular complexity index is 1100. The second-order valence-electron chi connectivity index (χ2n) is 8.38. The number of ketones is 2. The Morgan fingerprint density at radius 2 is 1.90 bits per heavy atom. The van der Waals surface area contributed by atoms with Gasteiger partial charge in [0.05, 0.1) is 7.11 Å². The van der Waals surface area contributed by atoms with E-state index in [4.69, 9.17) is 4.74 Å². The molecule has 1 aliphatic carbocycles. The van der Waals surface area contributed by atoms with Crippen molar-refractivity contribution in [2.45, 2.75) is 32.6 Å². The summed E-state index contributed by atoms with van der Waals surface area (Å²) < 4.78 is 5.52. The predicted molar refractivity (Wildman–Crippen MR) is 115 cm³/mol. The fraction of sp³-hybridized carbons (Fsp3) is 0.360. The second kappa shape index (κ2) is 7.99. The summed E-state index contributed by atoms with van der Waals surface area (Å²) in [5.74, 6) is 5.14. The van der Waals surface area contributed by atoms with Crippen molar-refractivity contribution in [2.75, 3.05) is 20.2 Å². The van der Waals surface area contributed by atoms with Crippen LogP contribution in [0, 0.1) is 24.2 Å². The lowest BCUT2D eigenvalue weighted by Crippen LogP contribution is -2.62. The number of likely N-dealkylation sites (tertiary alicyclic amines) is 1. The maximum atomic E-state index is 13.2. The number of Topliss-reactive ketones (excluding diaryl/α,β-unsaturated/α-hetero) is 2. The zero-order chi connectivity index (χ0) is 22.2. The Morgan fingerprint density at radius 3 is 2.48 bits per heavy atom. The van der Waals surface area contributed by atoms with Crippen LogP contribution in [0.5, 0.6) is 5.75 Å². The fourth-order valence-corrected chi connectivity index (χ4v) is 4.81. The number of ether oxygens (including phenoxy) is 1. The quantitative estimate of drug-likeness (QED) is 0.568. The molecule has 0 radical (unpaired) electrons. The number of benzene rings is 1. The number of rotatable bonds is 3. The SMILES string of the molecule is CC#Cc1cc(C)c(C2C(=O)CC3(CC2=O)CN(C(=O)c2ccccn2)C3)c(OC)c1. The van der Waals surface area contributed by atoms with Gasteiger partial charge in [0.25, 0.3) is 5.91 Å². The minimum atomic E-state index is -0.829. The molecule has 0 N–H and O–H groups in total. The molecular weight excluding hydrogens is 392 g/mol. The first-order valence-electron chi connectivity index (χ1n) is 10.2. The fourth-order valence-electron chi connectivity index (χ4n) is 4.81. The standard InChI is InChI=1S/C25H24N2O4/c1-4-7-17-10-16(2)22(21(11-17)31-3)23-19(28)12-25(13-20(23)29)14-27(15-25)24(30)18-8-5-6-9-26-18/h5-6,8-11,23H,12-15H2,1-3H3. The van der Waals surface area contributed by atoms with Crippen molar-refractivity contribution in [3.05, 3.63) is 58.9 Å². The van der Waals surface area contributed by atoms with Crippen molar-refractivity contribution in [1.29, 1.82) is 0 Å².